The first kappa shape index (κ1) is 11.9. The van der Waals surface area contributed by atoms with Gasteiger partial charge in [-0.15, -0.1) is 0 Å². The predicted molar refractivity (Wildman–Crippen MR) is 72.3 cm³/mol. The first-order valence-electron chi connectivity index (χ1n) is 7.03. The van der Waals surface area contributed by atoms with Crippen molar-refractivity contribution < 1.29 is 0 Å². The quantitative estimate of drug-likeness (QED) is 0.885. The highest BCUT2D eigenvalue weighted by Crippen LogP contribution is 2.33. The Morgan fingerprint density at radius 1 is 1.39 bits per heavy atom. The highest BCUT2D eigenvalue weighted by molar-refractivity contribution is 5.27. The van der Waals surface area contributed by atoms with E-state index in [0.717, 1.165) is 12.5 Å². The summed E-state index contributed by atoms with van der Waals surface area (Å²) in [6.07, 6.45) is 7.23. The maximum atomic E-state index is 5.72. The van der Waals surface area contributed by atoms with Crippen LogP contribution >= 0.6 is 0 Å². The summed E-state index contributed by atoms with van der Waals surface area (Å²) in [5.41, 5.74) is 8.08. The Labute approximate surface area is 109 Å². The molecule has 1 aromatic rings. The van der Waals surface area contributed by atoms with E-state index in [0.29, 0.717) is 11.9 Å². The van der Waals surface area contributed by atoms with Gasteiger partial charge in [0.05, 0.1) is 5.69 Å². The maximum absolute atomic E-state index is 5.72. The molecule has 1 saturated heterocycles. The van der Waals surface area contributed by atoms with Gasteiger partial charge in [0, 0.05) is 25.2 Å². The average Bonchev–Trinajstić information content (AvgIpc) is 3.16. The molecule has 0 radical (unpaired) electrons. The molecular formula is C14H22N4. The van der Waals surface area contributed by atoms with E-state index in [1.54, 1.807) is 0 Å². The van der Waals surface area contributed by atoms with Crippen LogP contribution in [0.4, 0.5) is 5.95 Å². The van der Waals surface area contributed by atoms with E-state index in [4.69, 9.17) is 5.73 Å². The van der Waals surface area contributed by atoms with Gasteiger partial charge in [-0.2, -0.15) is 0 Å². The molecule has 18 heavy (non-hydrogen) atoms. The molecule has 1 atom stereocenters. The molecule has 4 nitrogen and oxygen atoms in total. The van der Waals surface area contributed by atoms with Crippen LogP contribution in [-0.2, 0) is 0 Å². The molecule has 98 valence electrons. The molecule has 2 heterocycles. The first-order chi connectivity index (χ1) is 8.72. The number of nitrogen functional groups attached to an aromatic ring is 1. The molecular weight excluding hydrogens is 224 g/mol. The second-order valence-electron chi connectivity index (χ2n) is 5.84. The van der Waals surface area contributed by atoms with Gasteiger partial charge in [-0.25, -0.2) is 9.97 Å². The Kier molecular flexibility index (Phi) is 3.20. The number of hydrogen-bond acceptors (Lipinski definition) is 4. The molecule has 0 amide bonds. The zero-order valence-electron chi connectivity index (χ0n) is 11.1. The van der Waals surface area contributed by atoms with Crippen molar-refractivity contribution in [2.24, 2.45) is 5.92 Å². The fraction of sp³-hybridized carbons (Fsp3) is 0.714. The van der Waals surface area contributed by atoms with Crippen molar-refractivity contribution >= 4 is 5.95 Å². The van der Waals surface area contributed by atoms with E-state index >= 15 is 0 Å². The van der Waals surface area contributed by atoms with Crippen molar-refractivity contribution in [2.45, 2.75) is 38.5 Å². The molecule has 1 aromatic heterocycles. The van der Waals surface area contributed by atoms with Crippen LogP contribution in [0.2, 0.25) is 0 Å². The summed E-state index contributed by atoms with van der Waals surface area (Å²) >= 11 is 0. The van der Waals surface area contributed by atoms with Crippen LogP contribution in [0.25, 0.3) is 0 Å². The van der Waals surface area contributed by atoms with Gasteiger partial charge >= 0.3 is 0 Å². The zero-order chi connectivity index (χ0) is 12.5. The molecule has 2 N–H and O–H groups in total. The molecule has 1 unspecified atom stereocenters. The van der Waals surface area contributed by atoms with Gasteiger partial charge in [0.25, 0.3) is 0 Å². The summed E-state index contributed by atoms with van der Waals surface area (Å²) in [7, 11) is 0. The predicted octanol–water partition coefficient (Wildman–Crippen LogP) is 1.96. The molecule has 0 bridgehead atoms. The average molecular weight is 246 g/mol. The number of aryl methyl sites for hydroxylation is 1. The third-order valence-corrected chi connectivity index (χ3v) is 4.14. The topological polar surface area (TPSA) is 55.0 Å². The minimum atomic E-state index is 0.412. The van der Waals surface area contributed by atoms with E-state index in [1.807, 2.05) is 6.20 Å². The standard InChI is InChI=1S/C14H22N4/c1-10-7-16-14(15)17-13(10)12-3-2-6-18(9-12)8-11-4-5-11/h7,11-12H,2-6,8-9H2,1H3,(H2,15,16,17). The molecule has 1 aliphatic heterocycles. The van der Waals surface area contributed by atoms with Gasteiger partial charge in [0.15, 0.2) is 0 Å². The van der Waals surface area contributed by atoms with E-state index in [-0.39, 0.29) is 0 Å². The molecule has 0 aromatic carbocycles. The molecule has 1 saturated carbocycles. The summed E-state index contributed by atoms with van der Waals surface area (Å²) in [4.78, 5) is 11.1. The van der Waals surface area contributed by atoms with E-state index < -0.39 is 0 Å². The van der Waals surface area contributed by atoms with Gasteiger partial charge in [-0.3, -0.25) is 0 Å². The SMILES string of the molecule is Cc1cnc(N)nc1C1CCCN(CC2CC2)C1. The molecule has 4 heteroatoms. The Morgan fingerprint density at radius 3 is 3.00 bits per heavy atom. The van der Waals surface area contributed by atoms with Gasteiger partial charge < -0.3 is 10.6 Å². The number of aromatic nitrogens is 2. The monoisotopic (exact) mass is 246 g/mol. The second kappa shape index (κ2) is 4.84. The van der Waals surface area contributed by atoms with Crippen LogP contribution in [0, 0.1) is 12.8 Å². The first-order valence-corrected chi connectivity index (χ1v) is 7.03. The Morgan fingerprint density at radius 2 is 2.22 bits per heavy atom. The van der Waals surface area contributed by atoms with Gasteiger partial charge in [0.1, 0.15) is 0 Å². The summed E-state index contributed by atoms with van der Waals surface area (Å²) in [6.45, 7) is 5.78. The van der Waals surface area contributed by atoms with E-state index in [9.17, 15) is 0 Å². The fourth-order valence-corrected chi connectivity index (χ4v) is 2.99. The van der Waals surface area contributed by atoms with Crippen molar-refractivity contribution in [1.29, 1.82) is 0 Å². The number of hydrogen-bond donors (Lipinski definition) is 1. The van der Waals surface area contributed by atoms with Crippen LogP contribution < -0.4 is 5.73 Å². The van der Waals surface area contributed by atoms with Crippen LogP contribution in [0.15, 0.2) is 6.20 Å². The van der Waals surface area contributed by atoms with Gasteiger partial charge in [0.2, 0.25) is 5.95 Å². The lowest BCUT2D eigenvalue weighted by atomic mass is 9.92. The smallest absolute Gasteiger partial charge is 0.220 e. The normalized spacial score (nSPS) is 25.3. The number of nitrogens with zero attached hydrogens (tertiary/aromatic N) is 3. The largest absolute Gasteiger partial charge is 0.368 e. The molecule has 3 rings (SSSR count). The summed E-state index contributed by atoms with van der Waals surface area (Å²) in [6, 6.07) is 0. The van der Waals surface area contributed by atoms with Crippen molar-refractivity contribution in [2.75, 3.05) is 25.4 Å². The third-order valence-electron chi connectivity index (χ3n) is 4.14. The molecule has 1 aliphatic carbocycles. The Balaban J connectivity index is 1.72. The summed E-state index contributed by atoms with van der Waals surface area (Å²) in [5.74, 6) is 1.93. The lowest BCUT2D eigenvalue weighted by Gasteiger charge is -2.33. The van der Waals surface area contributed by atoms with Crippen LogP contribution in [0.5, 0.6) is 0 Å². The molecule has 2 fully saturated rings. The van der Waals surface area contributed by atoms with Crippen LogP contribution in [-0.4, -0.2) is 34.5 Å². The lowest BCUT2D eigenvalue weighted by Crippen LogP contribution is -2.36. The maximum Gasteiger partial charge on any atom is 0.220 e. The highest BCUT2D eigenvalue weighted by atomic mass is 15.1. The highest BCUT2D eigenvalue weighted by Gasteiger charge is 2.29. The van der Waals surface area contributed by atoms with Gasteiger partial charge in [-0.05, 0) is 50.6 Å². The zero-order valence-corrected chi connectivity index (χ0v) is 11.1. The van der Waals surface area contributed by atoms with E-state index in [2.05, 4.69) is 21.8 Å². The number of piperidine rings is 1. The van der Waals surface area contributed by atoms with E-state index in [1.165, 1.54) is 50.0 Å². The second-order valence-corrected chi connectivity index (χ2v) is 5.84. The van der Waals surface area contributed by atoms with Crippen molar-refractivity contribution in [3.63, 3.8) is 0 Å². The van der Waals surface area contributed by atoms with Crippen molar-refractivity contribution in [1.82, 2.24) is 14.9 Å². The van der Waals surface area contributed by atoms with Crippen molar-refractivity contribution in [3.8, 4) is 0 Å². The van der Waals surface area contributed by atoms with Crippen LogP contribution in [0.3, 0.4) is 0 Å². The third kappa shape index (κ3) is 2.64. The minimum absolute atomic E-state index is 0.412. The summed E-state index contributed by atoms with van der Waals surface area (Å²) in [5, 5.41) is 0. The number of rotatable bonds is 3. The Hall–Kier alpha value is -1.16. The number of likely N-dealkylation sites (tertiary alicyclic amines) is 1. The fourth-order valence-electron chi connectivity index (χ4n) is 2.99. The van der Waals surface area contributed by atoms with Crippen molar-refractivity contribution in [3.05, 3.63) is 17.5 Å². The van der Waals surface area contributed by atoms with Crippen LogP contribution in [0.1, 0.15) is 42.9 Å². The number of anilines is 1. The number of nitrogens with two attached hydrogens (primary N) is 1. The van der Waals surface area contributed by atoms with Gasteiger partial charge in [-0.1, -0.05) is 0 Å². The lowest BCUT2D eigenvalue weighted by molar-refractivity contribution is 0.198. The summed E-state index contributed by atoms with van der Waals surface area (Å²) < 4.78 is 0. The molecule has 0 spiro atoms. The minimum Gasteiger partial charge on any atom is -0.368 e. The molecule has 2 aliphatic rings. The Bertz CT molecular complexity index is 428.